The van der Waals surface area contributed by atoms with Gasteiger partial charge in [0.2, 0.25) is 5.91 Å². The molecule has 0 saturated heterocycles. The second kappa shape index (κ2) is 9.27. The van der Waals surface area contributed by atoms with Gasteiger partial charge >= 0.3 is 6.18 Å². The van der Waals surface area contributed by atoms with Crippen LogP contribution in [0.3, 0.4) is 0 Å². The number of hydrogen-bond acceptors (Lipinski definition) is 5. The number of non-ortho nitro benzene ring substituents is 1. The molecule has 0 aliphatic heterocycles. The van der Waals surface area contributed by atoms with Crippen molar-refractivity contribution in [3.63, 3.8) is 0 Å². The van der Waals surface area contributed by atoms with Crippen molar-refractivity contribution in [2.45, 2.75) is 12.6 Å². The maximum atomic E-state index is 12.8. The number of nitrogens with zero attached hydrogens (tertiary/aromatic N) is 2. The molecule has 3 aromatic rings. The average molecular weight is 468 g/mol. The standard InChI is InChI=1S/C20H13ClF3N3O3S/c21-17-6-5-14(20(22,23)24)10-13(17)4-7-18(28)26-19-25-11-16(31-19)9-12-2-1-3-15(8-12)27(29)30/h1-8,10-11H,9H2,(H,25,26,28)/b7-4+. The van der Waals surface area contributed by atoms with Crippen molar-refractivity contribution in [3.05, 3.63) is 91.4 Å². The van der Waals surface area contributed by atoms with Gasteiger partial charge in [0.05, 0.1) is 10.5 Å². The Morgan fingerprint density at radius 2 is 2.03 bits per heavy atom. The molecule has 0 spiro atoms. The largest absolute Gasteiger partial charge is 0.416 e. The van der Waals surface area contributed by atoms with Crippen LogP contribution in [-0.2, 0) is 17.4 Å². The molecule has 1 N–H and O–H groups in total. The van der Waals surface area contributed by atoms with Gasteiger partial charge in [-0.05, 0) is 35.4 Å². The van der Waals surface area contributed by atoms with Gasteiger partial charge in [0, 0.05) is 40.7 Å². The van der Waals surface area contributed by atoms with Crippen LogP contribution in [0, 0.1) is 10.1 Å². The maximum absolute atomic E-state index is 12.8. The van der Waals surface area contributed by atoms with Crippen molar-refractivity contribution in [2.75, 3.05) is 5.32 Å². The Morgan fingerprint density at radius 3 is 2.74 bits per heavy atom. The van der Waals surface area contributed by atoms with E-state index in [4.69, 9.17) is 11.6 Å². The predicted octanol–water partition coefficient (Wildman–Crippen LogP) is 5.97. The molecule has 1 heterocycles. The summed E-state index contributed by atoms with van der Waals surface area (Å²) < 4.78 is 38.5. The third-order valence-corrected chi connectivity index (χ3v) is 5.28. The van der Waals surface area contributed by atoms with Crippen LogP contribution in [0.4, 0.5) is 24.0 Å². The van der Waals surface area contributed by atoms with Crippen LogP contribution >= 0.6 is 22.9 Å². The smallest absolute Gasteiger partial charge is 0.298 e. The third kappa shape index (κ3) is 6.12. The summed E-state index contributed by atoms with van der Waals surface area (Å²) >= 11 is 7.08. The summed E-state index contributed by atoms with van der Waals surface area (Å²) in [7, 11) is 0. The summed E-state index contributed by atoms with van der Waals surface area (Å²) in [6.07, 6.45) is -0.350. The first-order valence-electron chi connectivity index (χ1n) is 8.65. The highest BCUT2D eigenvalue weighted by Crippen LogP contribution is 2.32. The molecule has 6 nitrogen and oxygen atoms in total. The van der Waals surface area contributed by atoms with Crippen LogP contribution in [0.5, 0.6) is 0 Å². The first kappa shape index (κ1) is 22.4. The monoisotopic (exact) mass is 467 g/mol. The van der Waals surface area contributed by atoms with E-state index in [2.05, 4.69) is 10.3 Å². The zero-order valence-corrected chi connectivity index (χ0v) is 17.1. The zero-order chi connectivity index (χ0) is 22.6. The zero-order valence-electron chi connectivity index (χ0n) is 15.5. The fraction of sp³-hybridized carbons (Fsp3) is 0.100. The van der Waals surface area contributed by atoms with Crippen LogP contribution in [0.15, 0.2) is 54.7 Å². The van der Waals surface area contributed by atoms with E-state index in [0.717, 1.165) is 34.7 Å². The minimum Gasteiger partial charge on any atom is -0.298 e. The quantitative estimate of drug-likeness (QED) is 0.275. The minimum atomic E-state index is -4.52. The number of hydrogen-bond donors (Lipinski definition) is 1. The molecule has 160 valence electrons. The number of carbonyl (C=O) groups is 1. The highest BCUT2D eigenvalue weighted by atomic mass is 35.5. The summed E-state index contributed by atoms with van der Waals surface area (Å²) in [5.74, 6) is -0.593. The first-order chi connectivity index (χ1) is 14.6. The highest BCUT2D eigenvalue weighted by Gasteiger charge is 2.30. The van der Waals surface area contributed by atoms with E-state index in [1.54, 1.807) is 12.1 Å². The SMILES string of the molecule is O=C(/C=C/c1cc(C(F)(F)F)ccc1Cl)Nc1ncc(Cc2cccc([N+](=O)[O-])c2)s1. The second-order valence-corrected chi connectivity index (χ2v) is 7.81. The lowest BCUT2D eigenvalue weighted by atomic mass is 10.1. The number of thiazole rings is 1. The Balaban J connectivity index is 1.65. The summed E-state index contributed by atoms with van der Waals surface area (Å²) in [4.78, 5) is 27.3. The number of anilines is 1. The number of carbonyl (C=O) groups excluding carboxylic acids is 1. The normalized spacial score (nSPS) is 11.6. The van der Waals surface area contributed by atoms with Gasteiger partial charge in [0.15, 0.2) is 5.13 Å². The summed E-state index contributed by atoms with van der Waals surface area (Å²) in [6, 6.07) is 9.01. The number of halogens is 4. The highest BCUT2D eigenvalue weighted by molar-refractivity contribution is 7.15. The molecule has 1 aromatic heterocycles. The molecule has 0 fully saturated rings. The van der Waals surface area contributed by atoms with Gasteiger partial charge in [-0.15, -0.1) is 11.3 Å². The van der Waals surface area contributed by atoms with Crippen molar-refractivity contribution in [2.24, 2.45) is 0 Å². The van der Waals surface area contributed by atoms with Crippen molar-refractivity contribution >= 4 is 45.7 Å². The number of benzene rings is 2. The number of nitro groups is 1. The molecule has 0 saturated carbocycles. The number of aromatic nitrogens is 1. The molecule has 0 bridgehead atoms. The summed E-state index contributed by atoms with van der Waals surface area (Å²) in [5, 5.41) is 13.7. The molecule has 0 radical (unpaired) electrons. The van der Waals surface area contributed by atoms with E-state index in [9.17, 15) is 28.1 Å². The van der Waals surface area contributed by atoms with Gasteiger partial charge < -0.3 is 0 Å². The van der Waals surface area contributed by atoms with Gasteiger partial charge in [-0.3, -0.25) is 20.2 Å². The number of rotatable bonds is 6. The molecule has 31 heavy (non-hydrogen) atoms. The Bertz CT molecular complexity index is 1160. The number of alkyl halides is 3. The number of amides is 1. The lowest BCUT2D eigenvalue weighted by Gasteiger charge is -2.08. The van der Waals surface area contributed by atoms with Gasteiger partial charge in [-0.25, -0.2) is 4.98 Å². The molecule has 11 heteroatoms. The van der Waals surface area contributed by atoms with Crippen molar-refractivity contribution in [1.82, 2.24) is 4.98 Å². The van der Waals surface area contributed by atoms with E-state index in [-0.39, 0.29) is 21.4 Å². The van der Waals surface area contributed by atoms with E-state index < -0.39 is 22.6 Å². The van der Waals surface area contributed by atoms with Gasteiger partial charge in [-0.2, -0.15) is 13.2 Å². The molecular formula is C20H13ClF3N3O3S. The molecule has 2 aromatic carbocycles. The van der Waals surface area contributed by atoms with E-state index in [1.165, 1.54) is 35.7 Å². The lowest BCUT2D eigenvalue weighted by Crippen LogP contribution is -2.07. The molecule has 0 atom stereocenters. The van der Waals surface area contributed by atoms with Gasteiger partial charge in [-0.1, -0.05) is 23.7 Å². The van der Waals surface area contributed by atoms with Gasteiger partial charge in [0.1, 0.15) is 0 Å². The van der Waals surface area contributed by atoms with Crippen LogP contribution in [-0.4, -0.2) is 15.8 Å². The molecular weight excluding hydrogens is 455 g/mol. The van der Waals surface area contributed by atoms with E-state index in [0.29, 0.717) is 6.42 Å². The Labute approximate surface area is 183 Å². The fourth-order valence-electron chi connectivity index (χ4n) is 2.59. The van der Waals surface area contributed by atoms with Crippen LogP contribution in [0.25, 0.3) is 6.08 Å². The van der Waals surface area contributed by atoms with Gasteiger partial charge in [0.25, 0.3) is 5.69 Å². The Hall–Kier alpha value is -3.24. The second-order valence-electron chi connectivity index (χ2n) is 6.29. The average Bonchev–Trinajstić information content (AvgIpc) is 3.13. The summed E-state index contributed by atoms with van der Waals surface area (Å²) in [6.45, 7) is 0. The number of nitrogens with one attached hydrogen (secondary N) is 1. The molecule has 3 rings (SSSR count). The lowest BCUT2D eigenvalue weighted by molar-refractivity contribution is -0.384. The topological polar surface area (TPSA) is 85.1 Å². The molecule has 0 unspecified atom stereocenters. The van der Waals surface area contributed by atoms with Crippen molar-refractivity contribution in [1.29, 1.82) is 0 Å². The Morgan fingerprint density at radius 1 is 1.26 bits per heavy atom. The minimum absolute atomic E-state index is 0.0195. The first-order valence-corrected chi connectivity index (χ1v) is 9.85. The Kier molecular flexibility index (Phi) is 6.71. The molecule has 0 aliphatic carbocycles. The molecule has 1 amide bonds. The van der Waals surface area contributed by atoms with E-state index in [1.807, 2.05) is 0 Å². The van der Waals surface area contributed by atoms with Crippen molar-refractivity contribution in [3.8, 4) is 0 Å². The fourth-order valence-corrected chi connectivity index (χ4v) is 3.62. The van der Waals surface area contributed by atoms with Crippen LogP contribution in [0.1, 0.15) is 21.6 Å². The summed E-state index contributed by atoms with van der Waals surface area (Å²) in [5.41, 5.74) is -0.122. The number of nitro benzene ring substituents is 1. The molecule has 0 aliphatic rings. The van der Waals surface area contributed by atoms with E-state index >= 15 is 0 Å². The maximum Gasteiger partial charge on any atom is 0.416 e. The predicted molar refractivity (Wildman–Crippen MR) is 112 cm³/mol. The van der Waals surface area contributed by atoms with Crippen LogP contribution in [0.2, 0.25) is 5.02 Å². The van der Waals surface area contributed by atoms with Crippen molar-refractivity contribution < 1.29 is 22.9 Å². The van der Waals surface area contributed by atoms with Crippen LogP contribution < -0.4 is 5.32 Å². The third-order valence-electron chi connectivity index (χ3n) is 4.02.